The molecule has 0 saturated heterocycles. The quantitative estimate of drug-likeness (QED) is 0.621. The maximum absolute atomic E-state index is 12.2. The molecule has 0 heterocycles. The fourth-order valence-corrected chi connectivity index (χ4v) is 2.89. The van der Waals surface area contributed by atoms with Crippen LogP contribution in [0.25, 0.3) is 0 Å². The second-order valence-corrected chi connectivity index (χ2v) is 6.60. The van der Waals surface area contributed by atoms with Crippen LogP contribution in [0.5, 0.6) is 11.5 Å². The third-order valence-corrected chi connectivity index (χ3v) is 4.45. The highest BCUT2D eigenvalue weighted by Gasteiger charge is 2.14. The van der Waals surface area contributed by atoms with E-state index in [1.54, 1.807) is 19.2 Å². The molecule has 0 aliphatic carbocycles. The molecule has 2 aromatic rings. The number of halogens is 1. The van der Waals surface area contributed by atoms with E-state index in [1.807, 2.05) is 31.2 Å². The average Bonchev–Trinajstić information content (AvgIpc) is 2.64. The van der Waals surface area contributed by atoms with Crippen molar-refractivity contribution in [2.45, 2.75) is 39.2 Å². The lowest BCUT2D eigenvalue weighted by atomic mass is 10.0. The summed E-state index contributed by atoms with van der Waals surface area (Å²) in [6, 6.07) is 13.2. The highest BCUT2D eigenvalue weighted by atomic mass is 35.5. The maximum atomic E-state index is 12.2. The summed E-state index contributed by atoms with van der Waals surface area (Å²) in [4.78, 5) is 12.2. The van der Waals surface area contributed by atoms with E-state index >= 15 is 0 Å². The van der Waals surface area contributed by atoms with E-state index < -0.39 is 0 Å². The molecule has 4 nitrogen and oxygen atoms in total. The molecule has 1 unspecified atom stereocenters. The molecule has 5 heteroatoms. The highest BCUT2D eigenvalue weighted by molar-refractivity contribution is 6.30. The van der Waals surface area contributed by atoms with E-state index in [4.69, 9.17) is 21.1 Å². The lowest BCUT2D eigenvalue weighted by Crippen LogP contribution is -2.28. The molecule has 0 bridgehead atoms. The molecule has 0 radical (unpaired) electrons. The summed E-state index contributed by atoms with van der Waals surface area (Å²) in [5.41, 5.74) is 2.16. The van der Waals surface area contributed by atoms with Crippen LogP contribution in [0, 0.1) is 6.92 Å². The van der Waals surface area contributed by atoms with Crippen LogP contribution in [-0.2, 0) is 4.79 Å². The summed E-state index contributed by atoms with van der Waals surface area (Å²) < 4.78 is 10.9. The molecule has 1 amide bonds. The Morgan fingerprint density at radius 2 is 1.92 bits per heavy atom. The van der Waals surface area contributed by atoms with Crippen LogP contribution in [0.4, 0.5) is 0 Å². The number of ether oxygens (including phenoxy) is 2. The summed E-state index contributed by atoms with van der Waals surface area (Å²) in [6.45, 7) is 4.56. The topological polar surface area (TPSA) is 47.6 Å². The Kier molecular flexibility index (Phi) is 7.79. The van der Waals surface area contributed by atoms with Gasteiger partial charge in [0.1, 0.15) is 11.5 Å². The maximum Gasteiger partial charge on any atom is 0.220 e. The average molecular weight is 376 g/mol. The minimum absolute atomic E-state index is 0.00397. The van der Waals surface area contributed by atoms with Gasteiger partial charge in [0.15, 0.2) is 0 Å². The van der Waals surface area contributed by atoms with E-state index in [0.29, 0.717) is 24.5 Å². The first-order chi connectivity index (χ1) is 12.5. The van der Waals surface area contributed by atoms with Crippen molar-refractivity contribution >= 4 is 17.5 Å². The normalized spacial score (nSPS) is 11.7. The number of benzene rings is 2. The summed E-state index contributed by atoms with van der Waals surface area (Å²) in [7, 11) is 1.66. The molecule has 0 saturated carbocycles. The van der Waals surface area contributed by atoms with Crippen molar-refractivity contribution < 1.29 is 14.3 Å². The van der Waals surface area contributed by atoms with Crippen LogP contribution in [-0.4, -0.2) is 19.6 Å². The molecule has 2 aromatic carbocycles. The molecule has 2 rings (SSSR count). The fraction of sp³-hybridized carbons (Fsp3) is 0.381. The lowest BCUT2D eigenvalue weighted by molar-refractivity contribution is -0.122. The Morgan fingerprint density at radius 3 is 2.54 bits per heavy atom. The summed E-state index contributed by atoms with van der Waals surface area (Å²) >= 11 is 5.84. The summed E-state index contributed by atoms with van der Waals surface area (Å²) in [5.74, 6) is 1.65. The number of hydrogen-bond acceptors (Lipinski definition) is 3. The predicted molar refractivity (Wildman–Crippen MR) is 105 cm³/mol. The Balaban J connectivity index is 1.79. The zero-order valence-electron chi connectivity index (χ0n) is 15.5. The zero-order valence-corrected chi connectivity index (χ0v) is 16.3. The fourth-order valence-electron chi connectivity index (χ4n) is 2.76. The minimum Gasteiger partial charge on any atom is -0.496 e. The predicted octanol–water partition coefficient (Wildman–Crippen LogP) is 5.08. The van der Waals surface area contributed by atoms with Gasteiger partial charge in [-0.05, 0) is 61.2 Å². The van der Waals surface area contributed by atoms with Gasteiger partial charge in [-0.15, -0.1) is 0 Å². The van der Waals surface area contributed by atoms with Crippen LogP contribution in [0.1, 0.15) is 43.4 Å². The van der Waals surface area contributed by atoms with Crippen molar-refractivity contribution in [1.82, 2.24) is 5.32 Å². The van der Waals surface area contributed by atoms with Gasteiger partial charge in [0.25, 0.3) is 0 Å². The van der Waals surface area contributed by atoms with Crippen molar-refractivity contribution in [3.05, 3.63) is 58.6 Å². The van der Waals surface area contributed by atoms with Crippen LogP contribution >= 0.6 is 11.6 Å². The molecule has 0 aromatic heterocycles. The lowest BCUT2D eigenvalue weighted by Gasteiger charge is -2.19. The minimum atomic E-state index is 0.00397. The van der Waals surface area contributed by atoms with E-state index in [-0.39, 0.29) is 11.9 Å². The van der Waals surface area contributed by atoms with Crippen molar-refractivity contribution in [2.75, 3.05) is 13.7 Å². The third kappa shape index (κ3) is 5.95. The van der Waals surface area contributed by atoms with Gasteiger partial charge in [0.2, 0.25) is 5.91 Å². The number of carbonyl (C=O) groups excluding carboxylic acids is 1. The summed E-state index contributed by atoms with van der Waals surface area (Å²) in [6.07, 6.45) is 1.92. The Bertz CT molecular complexity index is 716. The Hall–Kier alpha value is -2.20. The van der Waals surface area contributed by atoms with Gasteiger partial charge in [0.05, 0.1) is 19.8 Å². The van der Waals surface area contributed by atoms with E-state index in [2.05, 4.69) is 18.3 Å². The van der Waals surface area contributed by atoms with E-state index in [0.717, 1.165) is 29.0 Å². The molecule has 0 aliphatic heterocycles. The number of methoxy groups -OCH3 is 1. The van der Waals surface area contributed by atoms with Crippen LogP contribution in [0.15, 0.2) is 42.5 Å². The monoisotopic (exact) mass is 375 g/mol. The zero-order chi connectivity index (χ0) is 18.9. The SMILES string of the molecule is CCC(NC(=O)CCCOc1ccc(Cl)cc1)c1ccc(OC)c(C)c1. The molecule has 26 heavy (non-hydrogen) atoms. The Morgan fingerprint density at radius 1 is 1.19 bits per heavy atom. The first-order valence-corrected chi connectivity index (χ1v) is 9.23. The van der Waals surface area contributed by atoms with Crippen molar-refractivity contribution in [2.24, 2.45) is 0 Å². The standard InChI is InChI=1S/C21H26ClNO3/c1-4-19(16-7-12-20(25-3)15(2)14-16)23-21(24)6-5-13-26-18-10-8-17(22)9-11-18/h7-12,14,19H,4-6,13H2,1-3H3,(H,23,24). The highest BCUT2D eigenvalue weighted by Crippen LogP contribution is 2.24. The second-order valence-electron chi connectivity index (χ2n) is 6.16. The van der Waals surface area contributed by atoms with Gasteiger partial charge >= 0.3 is 0 Å². The first-order valence-electron chi connectivity index (χ1n) is 8.85. The molecule has 140 valence electrons. The van der Waals surface area contributed by atoms with Crippen LogP contribution in [0.2, 0.25) is 5.02 Å². The summed E-state index contributed by atoms with van der Waals surface area (Å²) in [5, 5.41) is 3.78. The molecule has 0 spiro atoms. The largest absolute Gasteiger partial charge is 0.496 e. The van der Waals surface area contributed by atoms with Crippen molar-refractivity contribution in [3.8, 4) is 11.5 Å². The number of aryl methyl sites for hydroxylation is 1. The second kappa shape index (κ2) is 10.1. The Labute approximate surface area is 160 Å². The van der Waals surface area contributed by atoms with Crippen molar-refractivity contribution in [3.63, 3.8) is 0 Å². The van der Waals surface area contributed by atoms with Gasteiger partial charge in [-0.25, -0.2) is 0 Å². The number of hydrogen-bond donors (Lipinski definition) is 1. The van der Waals surface area contributed by atoms with Gasteiger partial charge < -0.3 is 14.8 Å². The third-order valence-electron chi connectivity index (χ3n) is 4.20. The van der Waals surface area contributed by atoms with Crippen LogP contribution < -0.4 is 14.8 Å². The smallest absolute Gasteiger partial charge is 0.220 e. The van der Waals surface area contributed by atoms with Gasteiger partial charge in [-0.2, -0.15) is 0 Å². The van der Waals surface area contributed by atoms with Gasteiger partial charge in [-0.3, -0.25) is 4.79 Å². The number of rotatable bonds is 9. The van der Waals surface area contributed by atoms with Gasteiger partial charge in [0, 0.05) is 11.4 Å². The number of amides is 1. The molecular formula is C21H26ClNO3. The van der Waals surface area contributed by atoms with E-state index in [1.165, 1.54) is 0 Å². The number of nitrogens with one attached hydrogen (secondary N) is 1. The molecule has 0 aliphatic rings. The van der Waals surface area contributed by atoms with Gasteiger partial charge in [-0.1, -0.05) is 30.7 Å². The number of carbonyl (C=O) groups is 1. The molecule has 1 atom stereocenters. The van der Waals surface area contributed by atoms with E-state index in [9.17, 15) is 4.79 Å². The van der Waals surface area contributed by atoms with Crippen molar-refractivity contribution in [1.29, 1.82) is 0 Å². The van der Waals surface area contributed by atoms with Crippen LogP contribution in [0.3, 0.4) is 0 Å². The first kappa shape index (κ1) is 20.1. The molecule has 1 N–H and O–H groups in total. The molecular weight excluding hydrogens is 350 g/mol. The molecule has 0 fully saturated rings.